The Labute approximate surface area is 172 Å². The quantitative estimate of drug-likeness (QED) is 0.546. The number of benzene rings is 3. The summed E-state index contributed by atoms with van der Waals surface area (Å²) in [5.74, 6) is 0.0930. The van der Waals surface area contributed by atoms with E-state index < -0.39 is 5.54 Å². The highest BCUT2D eigenvalue weighted by Crippen LogP contribution is 2.48. The monoisotopic (exact) mass is 385 g/mol. The van der Waals surface area contributed by atoms with Crippen molar-refractivity contribution in [3.63, 3.8) is 0 Å². The van der Waals surface area contributed by atoms with Crippen molar-refractivity contribution in [2.75, 3.05) is 6.61 Å². The summed E-state index contributed by atoms with van der Waals surface area (Å²) in [5.41, 5.74) is 3.69. The van der Waals surface area contributed by atoms with Gasteiger partial charge in [-0.1, -0.05) is 91.7 Å². The van der Waals surface area contributed by atoms with E-state index in [2.05, 4.69) is 47.4 Å². The van der Waals surface area contributed by atoms with Gasteiger partial charge in [0.1, 0.15) is 0 Å². The minimum atomic E-state index is -0.486. The fourth-order valence-corrected chi connectivity index (χ4v) is 4.58. The molecule has 3 aromatic carbocycles. The molecule has 29 heavy (non-hydrogen) atoms. The van der Waals surface area contributed by atoms with Gasteiger partial charge in [0, 0.05) is 18.7 Å². The van der Waals surface area contributed by atoms with E-state index in [9.17, 15) is 9.90 Å². The average Bonchev–Trinajstić information content (AvgIpc) is 3.02. The zero-order valence-corrected chi connectivity index (χ0v) is 16.6. The van der Waals surface area contributed by atoms with Crippen LogP contribution in [0.4, 0.5) is 0 Å². The van der Waals surface area contributed by atoms with Gasteiger partial charge in [-0.15, -0.1) is 0 Å². The van der Waals surface area contributed by atoms with Crippen molar-refractivity contribution in [3.8, 4) is 0 Å². The molecular weight excluding hydrogens is 358 g/mol. The summed E-state index contributed by atoms with van der Waals surface area (Å²) in [6.07, 6.45) is 3.52. The standard InChI is InChI=1S/C26H27NO2/c28-19-11-3-10-18-26(22-14-6-2-7-15-22)24-17-9-8-16-23(24)25(29)27(26)20-21-12-4-1-5-13-21/h1-2,4-9,12-17,28H,3,10-11,18-20H2. The fraction of sp³-hybridized carbons (Fsp3) is 0.269. The van der Waals surface area contributed by atoms with E-state index in [0.717, 1.165) is 47.9 Å². The third-order valence-electron chi connectivity index (χ3n) is 5.94. The highest BCUT2D eigenvalue weighted by molar-refractivity contribution is 6.00. The first kappa shape index (κ1) is 19.4. The Hall–Kier alpha value is -2.91. The molecule has 3 heteroatoms. The first-order valence-electron chi connectivity index (χ1n) is 10.4. The summed E-state index contributed by atoms with van der Waals surface area (Å²) < 4.78 is 0. The van der Waals surface area contributed by atoms with Crippen LogP contribution in [0.5, 0.6) is 0 Å². The zero-order chi connectivity index (χ0) is 20.1. The Kier molecular flexibility index (Phi) is 5.77. The number of fused-ring (bicyclic) bond motifs is 1. The Morgan fingerprint density at radius 3 is 2.14 bits per heavy atom. The lowest BCUT2D eigenvalue weighted by atomic mass is 9.78. The van der Waals surface area contributed by atoms with Gasteiger partial charge in [-0.05, 0) is 35.6 Å². The van der Waals surface area contributed by atoms with Gasteiger partial charge in [0.15, 0.2) is 0 Å². The first-order chi connectivity index (χ1) is 14.3. The number of carbonyl (C=O) groups excluding carboxylic acids is 1. The lowest BCUT2D eigenvalue weighted by Gasteiger charge is -2.40. The Morgan fingerprint density at radius 1 is 0.759 bits per heavy atom. The molecule has 0 fully saturated rings. The molecule has 1 unspecified atom stereocenters. The lowest BCUT2D eigenvalue weighted by Crippen LogP contribution is -2.44. The highest BCUT2D eigenvalue weighted by Gasteiger charge is 2.49. The molecule has 1 N–H and O–H groups in total. The van der Waals surface area contributed by atoms with Crippen molar-refractivity contribution in [2.24, 2.45) is 0 Å². The molecule has 148 valence electrons. The van der Waals surface area contributed by atoms with Crippen LogP contribution in [0.1, 0.15) is 52.7 Å². The number of aliphatic hydroxyl groups is 1. The van der Waals surface area contributed by atoms with Crippen LogP contribution < -0.4 is 0 Å². The van der Waals surface area contributed by atoms with Gasteiger partial charge < -0.3 is 10.0 Å². The number of hydrogen-bond acceptors (Lipinski definition) is 2. The molecule has 1 aliphatic rings. The number of carbonyl (C=O) groups is 1. The van der Waals surface area contributed by atoms with Crippen LogP contribution in [0.15, 0.2) is 84.9 Å². The molecule has 0 aliphatic carbocycles. The summed E-state index contributed by atoms with van der Waals surface area (Å²) in [4.78, 5) is 15.6. The molecular formula is C26H27NO2. The van der Waals surface area contributed by atoms with E-state index in [1.165, 1.54) is 0 Å². The molecule has 0 spiro atoms. The number of hydrogen-bond donors (Lipinski definition) is 1. The second kappa shape index (κ2) is 8.62. The van der Waals surface area contributed by atoms with Crippen molar-refractivity contribution >= 4 is 5.91 Å². The minimum Gasteiger partial charge on any atom is -0.396 e. The minimum absolute atomic E-state index is 0.0930. The van der Waals surface area contributed by atoms with Crippen LogP contribution in [0.3, 0.4) is 0 Å². The third kappa shape index (κ3) is 3.58. The molecule has 4 rings (SSSR count). The molecule has 1 amide bonds. The van der Waals surface area contributed by atoms with Crippen LogP contribution in [-0.4, -0.2) is 22.5 Å². The molecule has 0 saturated heterocycles. The van der Waals surface area contributed by atoms with Gasteiger partial charge in [0.2, 0.25) is 0 Å². The number of aliphatic hydroxyl groups excluding tert-OH is 1. The summed E-state index contributed by atoms with van der Waals surface area (Å²) >= 11 is 0. The maximum absolute atomic E-state index is 13.6. The van der Waals surface area contributed by atoms with Crippen LogP contribution in [0.2, 0.25) is 0 Å². The van der Waals surface area contributed by atoms with E-state index >= 15 is 0 Å². The largest absolute Gasteiger partial charge is 0.396 e. The van der Waals surface area contributed by atoms with E-state index in [1.54, 1.807) is 0 Å². The molecule has 3 nitrogen and oxygen atoms in total. The van der Waals surface area contributed by atoms with Crippen LogP contribution in [-0.2, 0) is 12.1 Å². The molecule has 1 atom stereocenters. The number of nitrogens with zero attached hydrogens (tertiary/aromatic N) is 1. The molecule has 0 bridgehead atoms. The molecule has 0 saturated carbocycles. The predicted molar refractivity (Wildman–Crippen MR) is 116 cm³/mol. The summed E-state index contributed by atoms with van der Waals surface area (Å²) in [7, 11) is 0. The Bertz CT molecular complexity index is 955. The van der Waals surface area contributed by atoms with Crippen molar-refractivity contribution in [2.45, 2.75) is 37.8 Å². The second-order valence-electron chi connectivity index (χ2n) is 7.68. The molecule has 1 heterocycles. The molecule has 1 aliphatic heterocycles. The average molecular weight is 386 g/mol. The summed E-state index contributed by atoms with van der Waals surface area (Å²) in [5, 5.41) is 9.22. The van der Waals surface area contributed by atoms with Gasteiger partial charge in [-0.2, -0.15) is 0 Å². The van der Waals surface area contributed by atoms with E-state index in [1.807, 2.05) is 42.5 Å². The molecule has 3 aromatic rings. The first-order valence-corrected chi connectivity index (χ1v) is 10.4. The number of unbranched alkanes of at least 4 members (excludes halogenated alkanes) is 2. The van der Waals surface area contributed by atoms with Crippen molar-refractivity contribution in [1.82, 2.24) is 4.90 Å². The topological polar surface area (TPSA) is 40.5 Å². The highest BCUT2D eigenvalue weighted by atomic mass is 16.2. The smallest absolute Gasteiger partial charge is 0.255 e. The van der Waals surface area contributed by atoms with Crippen LogP contribution in [0, 0.1) is 0 Å². The van der Waals surface area contributed by atoms with Crippen LogP contribution in [0.25, 0.3) is 0 Å². The Morgan fingerprint density at radius 2 is 1.41 bits per heavy atom. The van der Waals surface area contributed by atoms with Gasteiger partial charge in [0.05, 0.1) is 5.54 Å². The predicted octanol–water partition coefficient (Wildman–Crippen LogP) is 5.14. The molecule has 0 radical (unpaired) electrons. The lowest BCUT2D eigenvalue weighted by molar-refractivity contribution is 0.0576. The van der Waals surface area contributed by atoms with Crippen molar-refractivity contribution in [3.05, 3.63) is 107 Å². The van der Waals surface area contributed by atoms with Crippen molar-refractivity contribution in [1.29, 1.82) is 0 Å². The maximum atomic E-state index is 13.6. The zero-order valence-electron chi connectivity index (χ0n) is 16.6. The number of rotatable bonds is 8. The third-order valence-corrected chi connectivity index (χ3v) is 5.94. The fourth-order valence-electron chi connectivity index (χ4n) is 4.58. The normalized spacial score (nSPS) is 18.1. The second-order valence-corrected chi connectivity index (χ2v) is 7.68. The molecule has 0 aromatic heterocycles. The van der Waals surface area contributed by atoms with Gasteiger partial charge in [-0.3, -0.25) is 4.79 Å². The summed E-state index contributed by atoms with van der Waals surface area (Å²) in [6, 6.07) is 28.7. The van der Waals surface area contributed by atoms with Crippen molar-refractivity contribution < 1.29 is 9.90 Å². The SMILES string of the molecule is O=C1c2ccccc2C(CCCCCO)(c2ccccc2)N1Cc1ccccc1. The van der Waals surface area contributed by atoms with E-state index in [-0.39, 0.29) is 12.5 Å². The van der Waals surface area contributed by atoms with Gasteiger partial charge in [-0.25, -0.2) is 0 Å². The van der Waals surface area contributed by atoms with Gasteiger partial charge >= 0.3 is 0 Å². The maximum Gasteiger partial charge on any atom is 0.255 e. The van der Waals surface area contributed by atoms with E-state index in [4.69, 9.17) is 0 Å². The summed E-state index contributed by atoms with van der Waals surface area (Å²) in [6.45, 7) is 0.783. The van der Waals surface area contributed by atoms with E-state index in [0.29, 0.717) is 6.54 Å². The Balaban J connectivity index is 1.83. The van der Waals surface area contributed by atoms with Gasteiger partial charge in [0.25, 0.3) is 5.91 Å². The van der Waals surface area contributed by atoms with Crippen LogP contribution >= 0.6 is 0 Å². The number of amides is 1.